The molecule has 0 spiro atoms. The van der Waals surface area contributed by atoms with Crippen molar-refractivity contribution in [2.24, 2.45) is 0 Å². The van der Waals surface area contributed by atoms with E-state index >= 15 is 0 Å². The molecule has 0 saturated carbocycles. The second kappa shape index (κ2) is 6.88. The predicted molar refractivity (Wildman–Crippen MR) is 75.8 cm³/mol. The highest BCUT2D eigenvalue weighted by Crippen LogP contribution is 2.28. The van der Waals surface area contributed by atoms with E-state index in [1.165, 1.54) is 13.2 Å². The molecule has 1 aromatic rings. The van der Waals surface area contributed by atoms with Crippen molar-refractivity contribution in [2.75, 3.05) is 13.7 Å². The third-order valence-electron chi connectivity index (χ3n) is 2.34. The maximum absolute atomic E-state index is 11.6. The fourth-order valence-corrected chi connectivity index (χ4v) is 1.53. The van der Waals surface area contributed by atoms with Gasteiger partial charge in [0.25, 0.3) is 0 Å². The summed E-state index contributed by atoms with van der Waals surface area (Å²) in [7, 11) is 1.19. The number of benzene rings is 1. The minimum Gasteiger partial charge on any atom is -0.475 e. The van der Waals surface area contributed by atoms with Crippen molar-refractivity contribution in [3.05, 3.63) is 33.9 Å². The fourth-order valence-electron chi connectivity index (χ4n) is 1.53. The van der Waals surface area contributed by atoms with Gasteiger partial charge in [0.15, 0.2) is 12.4 Å². The van der Waals surface area contributed by atoms with E-state index in [9.17, 15) is 19.7 Å². The molecule has 1 aromatic carbocycles. The van der Waals surface area contributed by atoms with E-state index < -0.39 is 29.1 Å². The Morgan fingerprint density at radius 2 is 1.91 bits per heavy atom. The molecule has 0 aromatic heterocycles. The van der Waals surface area contributed by atoms with E-state index in [0.29, 0.717) is 0 Å². The first-order chi connectivity index (χ1) is 10.1. The van der Waals surface area contributed by atoms with Gasteiger partial charge in [-0.3, -0.25) is 10.1 Å². The highest BCUT2D eigenvalue weighted by molar-refractivity contribution is 5.90. The molecule has 0 aliphatic carbocycles. The lowest BCUT2D eigenvalue weighted by atomic mass is 10.2. The quantitative estimate of drug-likeness (QED) is 0.465. The Bertz CT molecular complexity index is 589. The molecule has 120 valence electrons. The van der Waals surface area contributed by atoms with E-state index in [4.69, 9.17) is 9.47 Å². The summed E-state index contributed by atoms with van der Waals surface area (Å²) >= 11 is 0. The lowest BCUT2D eigenvalue weighted by Gasteiger charge is -2.19. The molecule has 0 saturated heterocycles. The first-order valence-corrected chi connectivity index (χ1v) is 6.35. The van der Waals surface area contributed by atoms with Crippen LogP contribution in [0.15, 0.2) is 18.2 Å². The van der Waals surface area contributed by atoms with Gasteiger partial charge in [-0.25, -0.2) is 9.59 Å². The molecule has 22 heavy (non-hydrogen) atoms. The van der Waals surface area contributed by atoms with Crippen LogP contribution in [0.3, 0.4) is 0 Å². The fraction of sp³-hybridized carbons (Fsp3) is 0.429. The lowest BCUT2D eigenvalue weighted by molar-refractivity contribution is -0.385. The lowest BCUT2D eigenvalue weighted by Crippen LogP contribution is -2.27. The van der Waals surface area contributed by atoms with Gasteiger partial charge in [0.2, 0.25) is 0 Å². The van der Waals surface area contributed by atoms with Crippen LogP contribution in [0, 0.1) is 10.1 Å². The van der Waals surface area contributed by atoms with Crippen molar-refractivity contribution >= 4 is 17.6 Å². The molecule has 0 heterocycles. The Hall–Kier alpha value is -2.64. The number of methoxy groups -OCH3 is 1. The van der Waals surface area contributed by atoms with Crippen molar-refractivity contribution in [1.29, 1.82) is 0 Å². The Kier molecular flexibility index (Phi) is 5.44. The van der Waals surface area contributed by atoms with Gasteiger partial charge in [0, 0.05) is 12.1 Å². The van der Waals surface area contributed by atoms with E-state index in [-0.39, 0.29) is 17.0 Å². The molecule has 0 fully saturated rings. The number of nitro benzene ring substituents is 1. The average molecular weight is 311 g/mol. The van der Waals surface area contributed by atoms with Gasteiger partial charge >= 0.3 is 17.6 Å². The smallest absolute Gasteiger partial charge is 0.344 e. The zero-order valence-corrected chi connectivity index (χ0v) is 12.7. The van der Waals surface area contributed by atoms with Crippen LogP contribution in [0.2, 0.25) is 0 Å². The zero-order valence-electron chi connectivity index (χ0n) is 12.7. The monoisotopic (exact) mass is 311 g/mol. The van der Waals surface area contributed by atoms with Crippen molar-refractivity contribution in [1.82, 2.24) is 0 Å². The topological polar surface area (TPSA) is 105 Å². The molecule has 0 bridgehead atoms. The molecule has 0 aliphatic rings. The van der Waals surface area contributed by atoms with Gasteiger partial charge < -0.3 is 14.2 Å². The van der Waals surface area contributed by atoms with Crippen LogP contribution in [-0.4, -0.2) is 36.2 Å². The van der Waals surface area contributed by atoms with Gasteiger partial charge in [0.05, 0.1) is 17.6 Å². The van der Waals surface area contributed by atoms with Crippen molar-refractivity contribution in [3.8, 4) is 5.75 Å². The van der Waals surface area contributed by atoms with E-state index in [0.717, 1.165) is 12.1 Å². The molecule has 0 atom stereocenters. The Morgan fingerprint density at radius 3 is 2.41 bits per heavy atom. The van der Waals surface area contributed by atoms with Gasteiger partial charge in [0.1, 0.15) is 5.60 Å². The number of rotatable bonds is 5. The summed E-state index contributed by atoms with van der Waals surface area (Å²) in [6, 6.07) is 3.50. The van der Waals surface area contributed by atoms with Gasteiger partial charge in [-0.1, -0.05) is 0 Å². The van der Waals surface area contributed by atoms with Crippen molar-refractivity contribution in [2.45, 2.75) is 26.4 Å². The summed E-state index contributed by atoms with van der Waals surface area (Å²) in [5, 5.41) is 10.9. The Labute approximate surface area is 127 Å². The molecule has 1 rings (SSSR count). The number of carbonyl (C=O) groups excluding carboxylic acids is 2. The van der Waals surface area contributed by atoms with Crippen LogP contribution >= 0.6 is 0 Å². The SMILES string of the molecule is COC(=O)c1ccc([N+](=O)[O-])c(OCC(=O)OC(C)(C)C)c1. The molecule has 8 nitrogen and oxygen atoms in total. The Balaban J connectivity index is 2.93. The molecule has 0 amide bonds. The summed E-state index contributed by atoms with van der Waals surface area (Å²) < 4.78 is 14.7. The molecule has 0 unspecified atom stereocenters. The summed E-state index contributed by atoms with van der Waals surface area (Å²) in [5.41, 5.74) is -0.983. The van der Waals surface area contributed by atoms with E-state index in [1.807, 2.05) is 0 Å². The number of hydrogen-bond donors (Lipinski definition) is 0. The maximum Gasteiger partial charge on any atom is 0.344 e. The summed E-state index contributed by atoms with van der Waals surface area (Å²) in [6.07, 6.45) is 0. The molecule has 0 radical (unpaired) electrons. The summed E-state index contributed by atoms with van der Waals surface area (Å²) in [5.74, 6) is -1.55. The Morgan fingerprint density at radius 1 is 1.27 bits per heavy atom. The highest BCUT2D eigenvalue weighted by atomic mass is 16.6. The summed E-state index contributed by atoms with van der Waals surface area (Å²) in [6.45, 7) is 4.55. The minimum atomic E-state index is -0.694. The normalized spacial score (nSPS) is 10.7. The third-order valence-corrected chi connectivity index (χ3v) is 2.34. The second-order valence-corrected chi connectivity index (χ2v) is 5.31. The number of nitro groups is 1. The number of ether oxygens (including phenoxy) is 3. The van der Waals surface area contributed by atoms with E-state index in [2.05, 4.69) is 4.74 Å². The van der Waals surface area contributed by atoms with Crippen LogP contribution < -0.4 is 4.74 Å². The van der Waals surface area contributed by atoms with Crippen LogP contribution in [0.5, 0.6) is 5.75 Å². The van der Waals surface area contributed by atoms with Crippen LogP contribution in [0.1, 0.15) is 31.1 Å². The summed E-state index contributed by atoms with van der Waals surface area (Å²) in [4.78, 5) is 33.3. The molecule has 8 heteroatoms. The number of nitrogens with zero attached hydrogens (tertiary/aromatic N) is 1. The molecular weight excluding hydrogens is 294 g/mol. The first-order valence-electron chi connectivity index (χ1n) is 6.35. The molecule has 0 N–H and O–H groups in total. The second-order valence-electron chi connectivity index (χ2n) is 5.31. The highest BCUT2D eigenvalue weighted by Gasteiger charge is 2.21. The number of carbonyl (C=O) groups is 2. The number of hydrogen-bond acceptors (Lipinski definition) is 7. The molecule has 0 aliphatic heterocycles. The predicted octanol–water partition coefficient (Wildman–Crippen LogP) is 2.10. The number of esters is 2. The van der Waals surface area contributed by atoms with Gasteiger partial charge in [-0.15, -0.1) is 0 Å². The zero-order chi connectivity index (χ0) is 16.9. The standard InChI is InChI=1S/C14H17NO7/c1-14(2,3)22-12(16)8-21-11-7-9(13(17)20-4)5-6-10(11)15(18)19/h5-7H,8H2,1-4H3. The third kappa shape index (κ3) is 5.04. The van der Waals surface area contributed by atoms with E-state index in [1.54, 1.807) is 20.8 Å². The molecular formula is C14H17NO7. The minimum absolute atomic E-state index is 0.0762. The average Bonchev–Trinajstić information content (AvgIpc) is 2.41. The van der Waals surface area contributed by atoms with Crippen molar-refractivity contribution in [3.63, 3.8) is 0 Å². The maximum atomic E-state index is 11.6. The van der Waals surface area contributed by atoms with Gasteiger partial charge in [-0.2, -0.15) is 0 Å². The van der Waals surface area contributed by atoms with Gasteiger partial charge in [-0.05, 0) is 26.8 Å². The van der Waals surface area contributed by atoms with Crippen LogP contribution in [0.25, 0.3) is 0 Å². The largest absolute Gasteiger partial charge is 0.475 e. The van der Waals surface area contributed by atoms with Crippen LogP contribution in [0.4, 0.5) is 5.69 Å². The first kappa shape index (κ1) is 17.4. The van der Waals surface area contributed by atoms with Crippen LogP contribution in [-0.2, 0) is 14.3 Å². The van der Waals surface area contributed by atoms with Crippen molar-refractivity contribution < 1.29 is 28.7 Å².